The van der Waals surface area contributed by atoms with Crippen LogP contribution in [0.4, 0.5) is 0 Å². The number of benzene rings is 3. The van der Waals surface area contributed by atoms with Crippen LogP contribution in [0.15, 0.2) is 68.0 Å². The highest BCUT2D eigenvalue weighted by atomic mass is 79.9. The Bertz CT molecular complexity index is 1180. The maximum Gasteiger partial charge on any atom is 0.119 e. The van der Waals surface area contributed by atoms with Crippen LogP contribution in [0.25, 0.3) is 0 Å². The van der Waals surface area contributed by atoms with E-state index in [1.807, 2.05) is 30.3 Å². The molecule has 1 aliphatic rings. The molecule has 1 saturated carbocycles. The van der Waals surface area contributed by atoms with Crippen molar-refractivity contribution in [3.05, 3.63) is 84.7 Å². The molecule has 1 aliphatic carbocycles. The van der Waals surface area contributed by atoms with Crippen molar-refractivity contribution in [2.75, 3.05) is 0 Å². The third kappa shape index (κ3) is 13.1. The number of phenols is 3. The summed E-state index contributed by atoms with van der Waals surface area (Å²) < 4.78 is 3.14. The van der Waals surface area contributed by atoms with Gasteiger partial charge in [-0.15, -0.1) is 0 Å². The van der Waals surface area contributed by atoms with Crippen molar-refractivity contribution in [1.82, 2.24) is 0 Å². The van der Waals surface area contributed by atoms with Gasteiger partial charge in [0.15, 0.2) is 0 Å². The van der Waals surface area contributed by atoms with Gasteiger partial charge in [0.2, 0.25) is 0 Å². The van der Waals surface area contributed by atoms with Gasteiger partial charge in [-0.2, -0.15) is 0 Å². The van der Waals surface area contributed by atoms with Crippen LogP contribution in [0, 0.1) is 0 Å². The van der Waals surface area contributed by atoms with E-state index in [9.17, 15) is 15.3 Å². The third-order valence-electron chi connectivity index (χ3n) is 7.62. The zero-order chi connectivity index (χ0) is 30.2. The second kappa shape index (κ2) is 19.6. The van der Waals surface area contributed by atoms with Gasteiger partial charge >= 0.3 is 0 Å². The van der Waals surface area contributed by atoms with Gasteiger partial charge < -0.3 is 15.3 Å². The molecule has 0 saturated heterocycles. The normalized spacial score (nSPS) is 13.9. The number of aryl methyl sites for hydroxylation is 1. The molecule has 0 heterocycles. The number of phenolic OH excluding ortho intramolecular Hbond substituents is 3. The monoisotopic (exact) mass is 752 g/mol. The van der Waals surface area contributed by atoms with E-state index in [1.165, 1.54) is 51.4 Å². The Morgan fingerprint density at radius 1 is 0.683 bits per heavy atom. The molecule has 1 unspecified atom stereocenters. The number of aromatic hydroxyl groups is 3. The maximum absolute atomic E-state index is 9.77. The van der Waals surface area contributed by atoms with Gasteiger partial charge in [0.05, 0.1) is 0 Å². The molecule has 0 bridgehead atoms. The van der Waals surface area contributed by atoms with E-state index in [0.717, 1.165) is 55.8 Å². The van der Waals surface area contributed by atoms with Crippen LogP contribution in [-0.4, -0.2) is 15.3 Å². The van der Waals surface area contributed by atoms with Gasteiger partial charge in [-0.05, 0) is 115 Å². The molecule has 0 spiro atoms. The van der Waals surface area contributed by atoms with Crippen molar-refractivity contribution in [2.24, 2.45) is 0 Å². The topological polar surface area (TPSA) is 60.7 Å². The lowest BCUT2D eigenvalue weighted by Crippen LogP contribution is -2.04. The van der Waals surface area contributed by atoms with Crippen LogP contribution in [-0.2, 0) is 6.42 Å². The maximum atomic E-state index is 9.77. The molecular formula is C35H47Br3O3. The zero-order valence-electron chi connectivity index (χ0n) is 24.8. The fourth-order valence-corrected chi connectivity index (χ4v) is 6.44. The summed E-state index contributed by atoms with van der Waals surface area (Å²) in [5, 5.41) is 28.9. The summed E-state index contributed by atoms with van der Waals surface area (Å²) in [5.41, 5.74) is 3.21. The minimum Gasteiger partial charge on any atom is -0.508 e. The van der Waals surface area contributed by atoms with Crippen LogP contribution in [0.2, 0.25) is 0 Å². The van der Waals surface area contributed by atoms with Gasteiger partial charge in [-0.1, -0.05) is 114 Å². The molecular weight excluding hydrogens is 708 g/mol. The van der Waals surface area contributed by atoms with Gasteiger partial charge in [-0.25, -0.2) is 0 Å². The van der Waals surface area contributed by atoms with Gasteiger partial charge in [0.1, 0.15) is 17.2 Å². The average molecular weight is 755 g/mol. The largest absolute Gasteiger partial charge is 0.508 e. The number of rotatable bonds is 9. The van der Waals surface area contributed by atoms with E-state index in [-0.39, 0.29) is 0 Å². The highest BCUT2D eigenvalue weighted by Crippen LogP contribution is 2.38. The molecule has 3 N–H and O–H groups in total. The molecule has 226 valence electrons. The van der Waals surface area contributed by atoms with Gasteiger partial charge in [-0.3, -0.25) is 0 Å². The van der Waals surface area contributed by atoms with Crippen LogP contribution in [0.1, 0.15) is 120 Å². The summed E-state index contributed by atoms with van der Waals surface area (Å²) >= 11 is 10.3. The van der Waals surface area contributed by atoms with Crippen molar-refractivity contribution in [3.63, 3.8) is 0 Å². The summed E-state index contributed by atoms with van der Waals surface area (Å²) in [6, 6.07) is 16.9. The molecule has 6 heteroatoms. The molecule has 1 fully saturated rings. The quantitative estimate of drug-likeness (QED) is 0.191. The number of hydrogen-bond acceptors (Lipinski definition) is 3. The Kier molecular flexibility index (Phi) is 17.1. The minimum atomic E-state index is 0.407. The smallest absolute Gasteiger partial charge is 0.119 e. The number of hydrogen-bond donors (Lipinski definition) is 3. The van der Waals surface area contributed by atoms with E-state index in [1.54, 1.807) is 18.2 Å². The van der Waals surface area contributed by atoms with E-state index in [4.69, 9.17) is 0 Å². The first-order valence-corrected chi connectivity index (χ1v) is 17.5. The Hall–Kier alpha value is -1.50. The van der Waals surface area contributed by atoms with Crippen LogP contribution in [0.5, 0.6) is 17.2 Å². The lowest BCUT2D eigenvalue weighted by atomic mass is 9.84. The molecule has 0 amide bonds. The van der Waals surface area contributed by atoms with E-state index < -0.39 is 0 Å². The standard InChI is InChI=1S/C12H15BrO.C12H17BrO.C11H15BrO/c13-10-6-7-12(14)11(8-10)9-4-2-1-3-5-9;1-2-3-4-5-6-10-9-11(13)7-8-12(10)14;1-3-4-8(2)10-7-9(12)5-6-11(10)13/h6-9,14H,1-5H2;7-9,14H,2-6H2,1H3;5-8,13H,3-4H2,1-2H3. The number of halogens is 3. The fourth-order valence-electron chi connectivity index (χ4n) is 5.27. The van der Waals surface area contributed by atoms with Gasteiger partial charge in [0, 0.05) is 13.4 Å². The summed E-state index contributed by atoms with van der Waals surface area (Å²) in [6.45, 7) is 6.51. The lowest BCUT2D eigenvalue weighted by Gasteiger charge is -2.22. The van der Waals surface area contributed by atoms with Crippen LogP contribution >= 0.6 is 47.8 Å². The molecule has 0 radical (unpaired) electrons. The SMILES string of the molecule is CCCC(C)c1cc(Br)ccc1O.CCCCCCc1cc(Br)ccc1O.Oc1ccc(Br)cc1C1CCCCC1. The molecule has 4 rings (SSSR count). The Labute approximate surface area is 273 Å². The van der Waals surface area contributed by atoms with Crippen molar-refractivity contribution in [1.29, 1.82) is 0 Å². The first-order chi connectivity index (χ1) is 19.7. The Balaban J connectivity index is 0.000000215. The van der Waals surface area contributed by atoms with E-state index >= 15 is 0 Å². The first kappa shape index (κ1) is 35.7. The molecule has 3 aromatic carbocycles. The zero-order valence-corrected chi connectivity index (χ0v) is 29.6. The van der Waals surface area contributed by atoms with Crippen molar-refractivity contribution < 1.29 is 15.3 Å². The second-order valence-corrected chi connectivity index (χ2v) is 13.8. The summed E-state index contributed by atoms with van der Waals surface area (Å²) in [7, 11) is 0. The molecule has 3 nitrogen and oxygen atoms in total. The Morgan fingerprint density at radius 3 is 1.90 bits per heavy atom. The minimum absolute atomic E-state index is 0.407. The van der Waals surface area contributed by atoms with Crippen molar-refractivity contribution >= 4 is 47.8 Å². The Morgan fingerprint density at radius 2 is 1.27 bits per heavy atom. The third-order valence-corrected chi connectivity index (χ3v) is 9.10. The second-order valence-electron chi connectivity index (χ2n) is 11.0. The highest BCUT2D eigenvalue weighted by Gasteiger charge is 2.18. The van der Waals surface area contributed by atoms with E-state index in [0.29, 0.717) is 29.1 Å². The fraction of sp³-hybridized carbons (Fsp3) is 0.486. The number of unbranched alkanes of at least 4 members (excludes halogenated alkanes) is 3. The molecule has 1 atom stereocenters. The van der Waals surface area contributed by atoms with Crippen LogP contribution < -0.4 is 0 Å². The summed E-state index contributed by atoms with van der Waals surface area (Å²) in [5.74, 6) is 2.29. The van der Waals surface area contributed by atoms with Crippen LogP contribution in [0.3, 0.4) is 0 Å². The first-order valence-electron chi connectivity index (χ1n) is 15.1. The molecule has 0 aromatic heterocycles. The highest BCUT2D eigenvalue weighted by molar-refractivity contribution is 9.11. The molecule has 3 aromatic rings. The summed E-state index contributed by atoms with van der Waals surface area (Å²) in [4.78, 5) is 0. The van der Waals surface area contributed by atoms with E-state index in [2.05, 4.69) is 74.6 Å². The predicted molar refractivity (Wildman–Crippen MR) is 184 cm³/mol. The predicted octanol–water partition coefficient (Wildman–Crippen LogP) is 12.5. The molecule has 0 aliphatic heterocycles. The molecule has 41 heavy (non-hydrogen) atoms. The average Bonchev–Trinajstić information content (AvgIpc) is 2.97. The van der Waals surface area contributed by atoms with Crippen molar-refractivity contribution in [2.45, 2.75) is 110 Å². The van der Waals surface area contributed by atoms with Crippen molar-refractivity contribution in [3.8, 4) is 17.2 Å². The summed E-state index contributed by atoms with van der Waals surface area (Å²) in [6.07, 6.45) is 14.6. The van der Waals surface area contributed by atoms with Gasteiger partial charge in [0.25, 0.3) is 0 Å². The lowest BCUT2D eigenvalue weighted by molar-refractivity contribution is 0.414.